The molecule has 134 heavy (non-hydrogen) atoms. The zero-order valence-electron chi connectivity index (χ0n) is 80.8. The zero-order valence-corrected chi connectivity index (χ0v) is 84.6. The summed E-state index contributed by atoms with van der Waals surface area (Å²) in [5, 5.41) is 44.2. The molecule has 12 saturated carbocycles. The molecule has 0 bridgehead atoms. The normalized spacial score (nSPS) is 37.1. The Morgan fingerprint density at radius 1 is 0.425 bits per heavy atom. The third-order valence-electron chi connectivity index (χ3n) is 37.6. The number of benzene rings is 2. The Labute approximate surface area is 824 Å². The first-order chi connectivity index (χ1) is 63.1. The minimum Gasteiger partial charge on any atom is -0.493 e. The summed E-state index contributed by atoms with van der Waals surface area (Å²) >= 11 is 23.3. The number of nitrogens with zero attached hydrogens (tertiary/aromatic N) is 3. The van der Waals surface area contributed by atoms with Gasteiger partial charge in [0, 0.05) is 123 Å². The molecule has 0 spiro atoms. The first-order valence-corrected chi connectivity index (χ1v) is 52.3. The Balaban J connectivity index is 0.000000164. The molecule has 24 atom stereocenters. The van der Waals surface area contributed by atoms with E-state index >= 15 is 0 Å². The van der Waals surface area contributed by atoms with Crippen molar-refractivity contribution in [3.63, 3.8) is 0 Å². The number of aliphatic carboxylic acids is 1. The summed E-state index contributed by atoms with van der Waals surface area (Å²) in [4.78, 5) is 86.5. The molecule has 8 N–H and O–H groups in total. The maximum Gasteiger partial charge on any atom is 0.309 e. The number of nitrogens with two attached hydrogens (primary N) is 1. The lowest BCUT2D eigenvalue weighted by molar-refractivity contribution is -0.160. The number of amides is 2. The summed E-state index contributed by atoms with van der Waals surface area (Å²) in [6.07, 6.45) is 41.3. The van der Waals surface area contributed by atoms with Crippen molar-refractivity contribution in [3.8, 4) is 11.5 Å². The quantitative estimate of drug-likeness (QED) is 0.0201. The Kier molecular flexibility index (Phi) is 37.6. The number of aliphatic hydroxyl groups excluding tert-OH is 1. The number of ketones is 1. The third kappa shape index (κ3) is 22.7. The van der Waals surface area contributed by atoms with Gasteiger partial charge in [0.1, 0.15) is 29.8 Å². The van der Waals surface area contributed by atoms with E-state index in [1.165, 1.54) is 86.5 Å². The van der Waals surface area contributed by atoms with Gasteiger partial charge in [-0.1, -0.05) is 90.3 Å². The molecule has 2 aliphatic heterocycles. The molecule has 0 radical (unpaired) electrons. The first kappa shape index (κ1) is 108. The summed E-state index contributed by atoms with van der Waals surface area (Å²) in [7, 11) is 0. The van der Waals surface area contributed by atoms with Gasteiger partial charge in [0.25, 0.3) is 0 Å². The lowest BCUT2D eigenvalue weighted by atomic mass is 9.47. The van der Waals surface area contributed by atoms with E-state index in [1.54, 1.807) is 13.8 Å². The molecule has 18 rings (SSSR count). The largest absolute Gasteiger partial charge is 0.493 e. The minimum absolute atomic E-state index is 0. The molecule has 0 unspecified atom stereocenters. The van der Waals surface area contributed by atoms with Crippen molar-refractivity contribution in [2.24, 2.45) is 125 Å². The number of anilines is 2. The van der Waals surface area contributed by atoms with Crippen LogP contribution in [0.25, 0.3) is 0 Å². The van der Waals surface area contributed by atoms with Crippen LogP contribution >= 0.6 is 58.8 Å². The van der Waals surface area contributed by atoms with E-state index in [1.807, 2.05) is 66.8 Å². The fraction of sp³-hybridized carbons (Fsp3) is 0.738. The van der Waals surface area contributed by atoms with Gasteiger partial charge in [0.15, 0.2) is 5.78 Å². The lowest BCUT2D eigenvalue weighted by Gasteiger charge is -2.57. The number of carboxylic acid groups (broad SMARTS) is 1. The number of aliphatic hydroxyl groups is 1. The number of carbonyl (C=O) groups excluding carboxylic acids is 6. The van der Waals surface area contributed by atoms with E-state index in [9.17, 15) is 38.7 Å². The van der Waals surface area contributed by atoms with Gasteiger partial charge in [-0.05, 0) is 345 Å². The number of alkyl halides is 4. The van der Waals surface area contributed by atoms with Crippen LogP contribution in [0.2, 0.25) is 0 Å². The monoisotopic (exact) mass is 1960 g/mol. The van der Waals surface area contributed by atoms with Crippen molar-refractivity contribution in [2.75, 3.05) is 85.8 Å². The molecule has 27 heteroatoms. The fourth-order valence-electron chi connectivity index (χ4n) is 30.5. The molecule has 2 aromatic rings. The molecule has 14 aliphatic carbocycles. The molecule has 2 aromatic carbocycles. The fourth-order valence-corrected chi connectivity index (χ4v) is 31.3. The number of carbonyl (C=O) groups is 7. The standard InChI is InChI=1S/C32H44Cl2N2O4.C21H31NO3.C21H30O3.C19H29NO2.C13H17Cl2NO3.CH4.ClH.H3NO/c1-31-14-17-35-29(37)21-22(31)3-8-25-26-9-10-28(32(26,2)13-11-27(25)31)40-30(38)12-20-39-24-6-4-23(5-7-24)36(18-15-33)19-16-34;1-13(23)25-19-7-6-17-16-5-4-14-12-15(22-24)8-10-20(14,2)18(16)9-11-21(17,19)3;1-13(22)24-19-7-6-17-16-5-4-14-12-15(23)8-10-20(14,2)18(16)9-11-21(17,19)3;1-18-9-10-20-17(22)11-12(18)3-4-13-14-5-6-16(21)19(14,2)8-7-15(13)18;14-6-8-16(9-7-15)11-1-3-12(4-2-11)19-10-5-13(17)18;;;1-2/h4-7,21,25-28H,3,8-20H2,1-2H3,(H,35,37);12,16-19,24H,4-11H2,1-3H3;12,16-19H,4-11H2,1-3H3;11,13-16,21H,3-10H2,1-2H3,(H,20,22);1-4H,5-10H2,(H,17,18);1H4;1H;2H,1H2/t25-,26-,27-,28-,31-,32-;2*16-,17-,18-,19-,20-,21-;13-,14-,15-,16-,18-,19-;;;;/m0000..../s1. The van der Waals surface area contributed by atoms with E-state index in [0.29, 0.717) is 89.0 Å². The third-order valence-corrected chi connectivity index (χ3v) is 38.3. The number of hydrogen-bond donors (Lipinski definition) is 7. The van der Waals surface area contributed by atoms with Crippen molar-refractivity contribution < 1.29 is 77.9 Å². The van der Waals surface area contributed by atoms with Crippen LogP contribution < -0.4 is 35.8 Å². The highest BCUT2D eigenvalue weighted by molar-refractivity contribution is 6.19. The molecule has 0 saturated heterocycles. The highest BCUT2D eigenvalue weighted by Gasteiger charge is 2.65. The Morgan fingerprint density at radius 3 is 1.13 bits per heavy atom. The van der Waals surface area contributed by atoms with Gasteiger partial charge in [0.05, 0.1) is 37.9 Å². The number of fused-ring (bicyclic) bond motifs is 20. The van der Waals surface area contributed by atoms with Crippen molar-refractivity contribution in [2.45, 2.75) is 307 Å². The molecule has 0 aromatic heterocycles. The lowest BCUT2D eigenvalue weighted by Crippen LogP contribution is -2.51. The van der Waals surface area contributed by atoms with Crippen LogP contribution in [0.5, 0.6) is 11.5 Å². The summed E-state index contributed by atoms with van der Waals surface area (Å²) in [6.45, 7) is 27.2. The van der Waals surface area contributed by atoms with Gasteiger partial charge in [0.2, 0.25) is 11.8 Å². The second-order valence-corrected chi connectivity index (χ2v) is 45.1. The number of esters is 3. The molecular formula is C107H159Cl5N6O16. The number of oxime groups is 1. The van der Waals surface area contributed by atoms with E-state index in [4.69, 9.17) is 85.6 Å². The maximum atomic E-state index is 12.9. The first-order valence-electron chi connectivity index (χ1n) is 50.2. The van der Waals surface area contributed by atoms with Gasteiger partial charge < -0.3 is 64.7 Å². The van der Waals surface area contributed by atoms with Crippen LogP contribution in [0.4, 0.5) is 11.4 Å². The van der Waals surface area contributed by atoms with Gasteiger partial charge >= 0.3 is 23.9 Å². The number of nitrogens with one attached hydrogen (secondary N) is 2. The molecule has 12 fully saturated rings. The average molecular weight is 1960 g/mol. The number of halogens is 5. The molecule has 2 amide bonds. The van der Waals surface area contributed by atoms with Gasteiger partial charge in [-0.25, -0.2) is 5.90 Å². The Morgan fingerprint density at radius 2 is 0.761 bits per heavy atom. The SMILES string of the molecule is C.CC(=O)O[C@H]1CC[C@H]2[C@@H]3CCC4=CC(=NO)CC[C@]4(C)[C@H]3CC[C@]12C.CC(=O)O[C@H]1CC[C@H]2[C@@H]3CCC4=CC(=O)CC[C@]4(C)[C@H]3CC[C@]12C.C[C@]12CC[C@H]3[C@@H](CCC4=CC(=O)NCC[C@@]43C)[C@@H]1CC[C@@H]2O.C[C@]12CC[C@H]3[C@@H](CCC4=CC(=O)NCC[C@@]43C)[C@@H]1CC[C@@H]2OC(=O)CCOc1ccc(N(CCCl)CCCl)cc1.Cl.NO.O=C(O)CCOc1ccc(N(CCCl)CCCl)cc1. The van der Waals surface area contributed by atoms with Crippen molar-refractivity contribution in [1.29, 1.82) is 0 Å². The highest BCUT2D eigenvalue weighted by atomic mass is 35.5. The number of hydrogen-bond acceptors (Lipinski definition) is 19. The number of ether oxygens (including phenoxy) is 5. The Hall–Kier alpha value is -6.11. The second-order valence-electron chi connectivity index (χ2n) is 43.6. The molecule has 22 nitrogen and oxygen atoms in total. The maximum absolute atomic E-state index is 12.9. The van der Waals surface area contributed by atoms with E-state index in [-0.39, 0.29) is 137 Å². The van der Waals surface area contributed by atoms with E-state index in [0.717, 1.165) is 214 Å². The van der Waals surface area contributed by atoms with Crippen LogP contribution in [0.1, 0.15) is 282 Å². The Bertz CT molecular complexity index is 4520. The zero-order chi connectivity index (χ0) is 94.9. The molecular weight excluding hydrogens is 1800 g/mol. The van der Waals surface area contributed by atoms with Crippen LogP contribution in [-0.2, 0) is 47.8 Å². The molecule has 2 heterocycles. The number of carboxylic acids is 1. The van der Waals surface area contributed by atoms with E-state index < -0.39 is 5.97 Å². The van der Waals surface area contributed by atoms with Gasteiger partial charge in [-0.2, -0.15) is 0 Å². The summed E-state index contributed by atoms with van der Waals surface area (Å²) < 4.78 is 28.8. The summed E-state index contributed by atoms with van der Waals surface area (Å²) in [5.41, 5.74) is 9.89. The predicted molar refractivity (Wildman–Crippen MR) is 533 cm³/mol. The predicted octanol–water partition coefficient (Wildman–Crippen LogP) is 21.8. The van der Waals surface area contributed by atoms with Crippen molar-refractivity contribution >= 4 is 117 Å². The summed E-state index contributed by atoms with van der Waals surface area (Å²) in [6, 6.07) is 15.3. The smallest absolute Gasteiger partial charge is 0.309 e. The topological polar surface area (TPSA) is 315 Å². The van der Waals surface area contributed by atoms with Gasteiger partial charge in [-0.3, -0.25) is 33.6 Å². The minimum atomic E-state index is -0.868. The van der Waals surface area contributed by atoms with Crippen molar-refractivity contribution in [1.82, 2.24) is 10.6 Å². The van der Waals surface area contributed by atoms with E-state index in [2.05, 4.69) is 93.0 Å². The number of rotatable bonds is 21. The second kappa shape index (κ2) is 46.5. The van der Waals surface area contributed by atoms with Crippen LogP contribution in [0.3, 0.4) is 0 Å². The summed E-state index contributed by atoms with van der Waals surface area (Å²) in [5.74, 6) is 14.4. The molecule has 748 valence electrons. The molecule has 16 aliphatic rings. The number of allylic oxidation sites excluding steroid dienone is 5. The highest BCUT2D eigenvalue weighted by Crippen LogP contribution is 2.71. The van der Waals surface area contributed by atoms with Crippen LogP contribution in [-0.4, -0.2) is 168 Å². The van der Waals surface area contributed by atoms with Crippen molar-refractivity contribution in [3.05, 3.63) is 95.1 Å². The van der Waals surface area contributed by atoms with Crippen LogP contribution in [0.15, 0.2) is 100 Å². The van der Waals surface area contributed by atoms with Crippen LogP contribution in [0, 0.1) is 114 Å². The van der Waals surface area contributed by atoms with Gasteiger partial charge in [-0.15, -0.1) is 58.8 Å². The average Bonchev–Trinajstić information content (AvgIpc) is 1.51.